The van der Waals surface area contributed by atoms with Crippen LogP contribution in [0.15, 0.2) is 33.9 Å². The highest BCUT2D eigenvalue weighted by Crippen LogP contribution is 2.29. The Bertz CT molecular complexity index is 761. The molecule has 0 fully saturated rings. The first-order chi connectivity index (χ1) is 10.0. The van der Waals surface area contributed by atoms with Crippen molar-refractivity contribution in [1.82, 2.24) is 9.55 Å². The fourth-order valence-electron chi connectivity index (χ4n) is 2.41. The van der Waals surface area contributed by atoms with Crippen molar-refractivity contribution < 1.29 is 0 Å². The Morgan fingerprint density at radius 2 is 1.76 bits per heavy atom. The van der Waals surface area contributed by atoms with Crippen LogP contribution in [0.2, 0.25) is 10.2 Å². The molecule has 1 aromatic carbocycles. The van der Waals surface area contributed by atoms with Crippen molar-refractivity contribution in [2.45, 2.75) is 32.7 Å². The topological polar surface area (TPSA) is 54.9 Å². The summed E-state index contributed by atoms with van der Waals surface area (Å²) in [6.07, 6.45) is 1.37. The highest BCUT2D eigenvalue weighted by molar-refractivity contribution is 6.35. The molecule has 0 unspecified atom stereocenters. The van der Waals surface area contributed by atoms with Gasteiger partial charge in [0, 0.05) is 16.6 Å². The standard InChI is InChI=1S/C15H16Cl2N2O2/c1-3-9(4-2)19-14(20)12(13(17)18-15(19)21)10-7-5-6-8-11(10)16/h5-9H,3-4H2,1-2H3,(H,18,21). The van der Waals surface area contributed by atoms with Gasteiger partial charge in [-0.25, -0.2) is 4.79 Å². The summed E-state index contributed by atoms with van der Waals surface area (Å²) >= 11 is 12.2. The fraction of sp³-hybridized carbons (Fsp3) is 0.333. The maximum atomic E-state index is 12.7. The minimum absolute atomic E-state index is 0.0142. The monoisotopic (exact) mass is 326 g/mol. The van der Waals surface area contributed by atoms with E-state index in [2.05, 4.69) is 4.98 Å². The molecule has 0 aliphatic rings. The van der Waals surface area contributed by atoms with E-state index in [1.165, 1.54) is 4.57 Å². The number of rotatable bonds is 4. The second-order valence-corrected chi connectivity index (χ2v) is 5.53. The lowest BCUT2D eigenvalue weighted by atomic mass is 10.1. The summed E-state index contributed by atoms with van der Waals surface area (Å²) < 4.78 is 1.23. The summed E-state index contributed by atoms with van der Waals surface area (Å²) in [6, 6.07) is 6.76. The van der Waals surface area contributed by atoms with Gasteiger partial charge in [-0.3, -0.25) is 14.3 Å². The normalized spacial score (nSPS) is 11.1. The summed E-state index contributed by atoms with van der Waals surface area (Å²) in [6.45, 7) is 3.87. The summed E-state index contributed by atoms with van der Waals surface area (Å²) in [5, 5.41) is 0.431. The van der Waals surface area contributed by atoms with Crippen LogP contribution in [0, 0.1) is 0 Å². The number of hydrogen-bond donors (Lipinski definition) is 1. The first-order valence-corrected chi connectivity index (χ1v) is 7.56. The fourth-order valence-corrected chi connectivity index (χ4v) is 2.90. The van der Waals surface area contributed by atoms with Crippen LogP contribution >= 0.6 is 23.2 Å². The zero-order valence-corrected chi connectivity index (χ0v) is 13.3. The first kappa shape index (κ1) is 15.9. The van der Waals surface area contributed by atoms with Gasteiger partial charge < -0.3 is 0 Å². The molecule has 1 heterocycles. The predicted molar refractivity (Wildman–Crippen MR) is 86.4 cm³/mol. The third-order valence-electron chi connectivity index (χ3n) is 3.54. The van der Waals surface area contributed by atoms with Crippen molar-refractivity contribution in [3.05, 3.63) is 55.3 Å². The molecule has 2 rings (SSSR count). The molecular formula is C15H16Cl2N2O2. The molecule has 2 aromatic rings. The lowest BCUT2D eigenvalue weighted by Crippen LogP contribution is -2.38. The second-order valence-electron chi connectivity index (χ2n) is 4.74. The Kier molecular flexibility index (Phi) is 4.91. The van der Waals surface area contributed by atoms with Crippen LogP contribution in [-0.4, -0.2) is 9.55 Å². The molecule has 1 aromatic heterocycles. The zero-order valence-electron chi connectivity index (χ0n) is 11.8. The molecule has 0 bridgehead atoms. The van der Waals surface area contributed by atoms with E-state index in [1.807, 2.05) is 13.8 Å². The molecule has 0 radical (unpaired) electrons. The van der Waals surface area contributed by atoms with Gasteiger partial charge in [0.15, 0.2) is 0 Å². The van der Waals surface area contributed by atoms with Crippen LogP contribution in [0.5, 0.6) is 0 Å². The molecule has 6 heteroatoms. The van der Waals surface area contributed by atoms with Gasteiger partial charge in [0.05, 0.1) is 5.56 Å². The Morgan fingerprint density at radius 3 is 2.33 bits per heavy atom. The Labute approximate surface area is 132 Å². The Balaban J connectivity index is 2.80. The number of aromatic nitrogens is 2. The summed E-state index contributed by atoms with van der Waals surface area (Å²) in [7, 11) is 0. The molecule has 21 heavy (non-hydrogen) atoms. The third-order valence-corrected chi connectivity index (χ3v) is 4.15. The van der Waals surface area contributed by atoms with Crippen LogP contribution in [0.25, 0.3) is 11.1 Å². The van der Waals surface area contributed by atoms with Gasteiger partial charge in [-0.05, 0) is 18.9 Å². The number of halogens is 2. The number of benzene rings is 1. The molecule has 4 nitrogen and oxygen atoms in total. The molecule has 0 saturated carbocycles. The predicted octanol–water partition coefficient (Wildman–Crippen LogP) is 3.87. The average molecular weight is 327 g/mol. The van der Waals surface area contributed by atoms with Gasteiger partial charge in [0.25, 0.3) is 5.56 Å². The summed E-state index contributed by atoms with van der Waals surface area (Å²) in [5.41, 5.74) is -0.154. The van der Waals surface area contributed by atoms with Crippen molar-refractivity contribution in [2.24, 2.45) is 0 Å². The van der Waals surface area contributed by atoms with Crippen molar-refractivity contribution in [3.8, 4) is 11.1 Å². The van der Waals surface area contributed by atoms with E-state index < -0.39 is 11.2 Å². The van der Waals surface area contributed by atoms with Gasteiger partial charge in [-0.2, -0.15) is 0 Å². The van der Waals surface area contributed by atoms with Gasteiger partial charge in [0.1, 0.15) is 5.15 Å². The molecule has 0 aliphatic heterocycles. The number of hydrogen-bond acceptors (Lipinski definition) is 2. The summed E-state index contributed by atoms with van der Waals surface area (Å²) in [5.74, 6) is 0. The van der Waals surface area contributed by atoms with Crippen molar-refractivity contribution in [2.75, 3.05) is 0 Å². The number of nitrogens with one attached hydrogen (secondary N) is 1. The minimum Gasteiger partial charge on any atom is -0.297 e. The van der Waals surface area contributed by atoms with Crippen molar-refractivity contribution in [1.29, 1.82) is 0 Å². The SMILES string of the molecule is CCC(CC)n1c(=O)[nH]c(Cl)c(-c2ccccc2Cl)c1=O. The molecule has 0 aliphatic carbocycles. The van der Waals surface area contributed by atoms with E-state index in [0.29, 0.717) is 23.4 Å². The quantitative estimate of drug-likeness (QED) is 0.867. The minimum atomic E-state index is -0.491. The van der Waals surface area contributed by atoms with Crippen LogP contribution in [0.1, 0.15) is 32.7 Å². The first-order valence-electron chi connectivity index (χ1n) is 6.80. The van der Waals surface area contributed by atoms with Gasteiger partial charge in [-0.1, -0.05) is 55.2 Å². The van der Waals surface area contributed by atoms with Crippen LogP contribution < -0.4 is 11.2 Å². The number of aromatic amines is 1. The smallest absolute Gasteiger partial charge is 0.297 e. The van der Waals surface area contributed by atoms with E-state index >= 15 is 0 Å². The zero-order chi connectivity index (χ0) is 15.6. The Morgan fingerprint density at radius 1 is 1.14 bits per heavy atom. The second kappa shape index (κ2) is 6.50. The van der Waals surface area contributed by atoms with Gasteiger partial charge in [0.2, 0.25) is 0 Å². The van der Waals surface area contributed by atoms with E-state index in [1.54, 1.807) is 24.3 Å². The Hall–Kier alpha value is -1.52. The molecule has 0 atom stereocenters. The molecule has 0 amide bonds. The molecule has 112 valence electrons. The maximum absolute atomic E-state index is 12.7. The highest BCUT2D eigenvalue weighted by atomic mass is 35.5. The van der Waals surface area contributed by atoms with Gasteiger partial charge >= 0.3 is 5.69 Å². The summed E-state index contributed by atoms with van der Waals surface area (Å²) in [4.78, 5) is 27.3. The van der Waals surface area contributed by atoms with Crippen molar-refractivity contribution >= 4 is 23.2 Å². The number of H-pyrrole nitrogens is 1. The number of nitrogens with zero attached hydrogens (tertiary/aromatic N) is 1. The molecule has 0 saturated heterocycles. The highest BCUT2D eigenvalue weighted by Gasteiger charge is 2.20. The van der Waals surface area contributed by atoms with E-state index in [0.717, 1.165) is 0 Å². The average Bonchev–Trinajstić information content (AvgIpc) is 2.45. The van der Waals surface area contributed by atoms with Crippen LogP contribution in [-0.2, 0) is 0 Å². The van der Waals surface area contributed by atoms with E-state index in [-0.39, 0.29) is 16.8 Å². The van der Waals surface area contributed by atoms with Crippen LogP contribution in [0.4, 0.5) is 0 Å². The lowest BCUT2D eigenvalue weighted by Gasteiger charge is -2.17. The maximum Gasteiger partial charge on any atom is 0.329 e. The van der Waals surface area contributed by atoms with Crippen molar-refractivity contribution in [3.63, 3.8) is 0 Å². The lowest BCUT2D eigenvalue weighted by molar-refractivity contribution is 0.440. The van der Waals surface area contributed by atoms with E-state index in [4.69, 9.17) is 23.2 Å². The van der Waals surface area contributed by atoms with E-state index in [9.17, 15) is 9.59 Å². The van der Waals surface area contributed by atoms with Gasteiger partial charge in [-0.15, -0.1) is 0 Å². The molecule has 0 spiro atoms. The largest absolute Gasteiger partial charge is 0.329 e. The molecule has 1 N–H and O–H groups in total. The molecular weight excluding hydrogens is 311 g/mol. The van der Waals surface area contributed by atoms with Crippen LogP contribution in [0.3, 0.4) is 0 Å². The third kappa shape index (κ3) is 2.92.